The first-order valence-corrected chi connectivity index (χ1v) is 5.95. The Morgan fingerprint density at radius 3 is 2.89 bits per heavy atom. The van der Waals surface area contributed by atoms with Gasteiger partial charge in [-0.25, -0.2) is 0 Å². The summed E-state index contributed by atoms with van der Waals surface area (Å²) in [6.45, 7) is 4.50. The molecule has 0 aliphatic carbocycles. The first kappa shape index (κ1) is 12.5. The molecule has 2 heterocycles. The Kier molecular flexibility index (Phi) is 3.89. The van der Waals surface area contributed by atoms with Crippen LogP contribution in [-0.2, 0) is 6.54 Å². The van der Waals surface area contributed by atoms with Gasteiger partial charge in [0.05, 0.1) is 5.69 Å². The molecular formula is C14H17N3O. The summed E-state index contributed by atoms with van der Waals surface area (Å²) in [7, 11) is 0. The maximum absolute atomic E-state index is 9.70. The predicted octanol–water partition coefficient (Wildman–Crippen LogP) is 2.34. The minimum absolute atomic E-state index is 0.167. The lowest BCUT2D eigenvalue weighted by atomic mass is 10.1. The number of nitrogens with one attached hydrogen (secondary N) is 1. The Hall–Kier alpha value is -1.94. The summed E-state index contributed by atoms with van der Waals surface area (Å²) in [5.41, 5.74) is 2.69. The molecule has 2 rings (SSSR count). The molecule has 0 spiro atoms. The molecule has 2 aromatic heterocycles. The van der Waals surface area contributed by atoms with Crippen LogP contribution in [0.2, 0.25) is 0 Å². The molecule has 0 saturated heterocycles. The van der Waals surface area contributed by atoms with Gasteiger partial charge >= 0.3 is 0 Å². The molecule has 18 heavy (non-hydrogen) atoms. The van der Waals surface area contributed by atoms with Crippen LogP contribution in [0.3, 0.4) is 0 Å². The highest BCUT2D eigenvalue weighted by atomic mass is 16.3. The van der Waals surface area contributed by atoms with E-state index >= 15 is 0 Å². The Bertz CT molecular complexity index is 514. The fourth-order valence-corrected chi connectivity index (χ4v) is 1.73. The Balaban J connectivity index is 2.01. The third-order valence-electron chi connectivity index (χ3n) is 2.85. The van der Waals surface area contributed by atoms with Gasteiger partial charge in [-0.2, -0.15) is 0 Å². The van der Waals surface area contributed by atoms with Crippen molar-refractivity contribution < 1.29 is 5.11 Å². The number of aromatic nitrogens is 2. The molecule has 0 unspecified atom stereocenters. The lowest BCUT2D eigenvalue weighted by molar-refractivity contribution is 0.454. The summed E-state index contributed by atoms with van der Waals surface area (Å²) < 4.78 is 0. The van der Waals surface area contributed by atoms with Gasteiger partial charge in [-0.3, -0.25) is 9.97 Å². The fraction of sp³-hybridized carbons (Fsp3) is 0.286. The zero-order chi connectivity index (χ0) is 13.0. The van der Waals surface area contributed by atoms with E-state index in [0.717, 1.165) is 11.3 Å². The van der Waals surface area contributed by atoms with Crippen molar-refractivity contribution in [2.75, 3.05) is 0 Å². The molecule has 2 aromatic rings. The van der Waals surface area contributed by atoms with Crippen LogP contribution < -0.4 is 5.32 Å². The molecule has 0 amide bonds. The van der Waals surface area contributed by atoms with Crippen molar-refractivity contribution in [1.29, 1.82) is 0 Å². The number of hydrogen-bond donors (Lipinski definition) is 2. The fourth-order valence-electron chi connectivity index (χ4n) is 1.73. The van der Waals surface area contributed by atoms with Crippen molar-refractivity contribution in [3.05, 3.63) is 53.6 Å². The van der Waals surface area contributed by atoms with Crippen LogP contribution >= 0.6 is 0 Å². The number of pyridine rings is 2. The lowest BCUT2D eigenvalue weighted by Crippen LogP contribution is -2.19. The van der Waals surface area contributed by atoms with Crippen LogP contribution in [-0.4, -0.2) is 15.1 Å². The highest BCUT2D eigenvalue weighted by Gasteiger charge is 2.07. The maximum Gasteiger partial charge on any atom is 0.138 e. The molecule has 0 fully saturated rings. The smallest absolute Gasteiger partial charge is 0.138 e. The summed E-state index contributed by atoms with van der Waals surface area (Å²) in [4.78, 5) is 8.40. The van der Waals surface area contributed by atoms with E-state index in [1.54, 1.807) is 18.3 Å². The molecule has 1 atom stereocenters. The molecule has 0 aliphatic rings. The van der Waals surface area contributed by atoms with E-state index in [9.17, 15) is 5.11 Å². The molecule has 0 radical (unpaired) electrons. The first-order valence-electron chi connectivity index (χ1n) is 5.95. The second kappa shape index (κ2) is 5.60. The van der Waals surface area contributed by atoms with Gasteiger partial charge in [-0.15, -0.1) is 0 Å². The number of aryl methyl sites for hydroxylation is 1. The number of hydrogen-bond acceptors (Lipinski definition) is 4. The van der Waals surface area contributed by atoms with Crippen molar-refractivity contribution in [3.63, 3.8) is 0 Å². The SMILES string of the molecule is Cc1ccc(O)c(CN[C@@H](C)c2cccnc2)n1. The van der Waals surface area contributed by atoms with Crippen molar-refractivity contribution in [2.45, 2.75) is 26.4 Å². The Morgan fingerprint density at radius 1 is 1.33 bits per heavy atom. The highest BCUT2D eigenvalue weighted by Crippen LogP contribution is 2.16. The molecule has 0 aliphatic heterocycles. The predicted molar refractivity (Wildman–Crippen MR) is 70.1 cm³/mol. The van der Waals surface area contributed by atoms with E-state index in [4.69, 9.17) is 0 Å². The van der Waals surface area contributed by atoms with Crippen LogP contribution in [0.15, 0.2) is 36.7 Å². The van der Waals surface area contributed by atoms with E-state index in [-0.39, 0.29) is 11.8 Å². The van der Waals surface area contributed by atoms with Crippen molar-refractivity contribution in [1.82, 2.24) is 15.3 Å². The van der Waals surface area contributed by atoms with Crippen LogP contribution in [0.25, 0.3) is 0 Å². The van der Waals surface area contributed by atoms with Crippen molar-refractivity contribution in [2.24, 2.45) is 0 Å². The van der Waals surface area contributed by atoms with Gasteiger partial charge in [0.15, 0.2) is 0 Å². The monoisotopic (exact) mass is 243 g/mol. The van der Waals surface area contributed by atoms with Gasteiger partial charge in [0.1, 0.15) is 5.75 Å². The quantitative estimate of drug-likeness (QED) is 0.865. The highest BCUT2D eigenvalue weighted by molar-refractivity contribution is 5.27. The van der Waals surface area contributed by atoms with E-state index < -0.39 is 0 Å². The first-order chi connectivity index (χ1) is 8.66. The molecule has 2 N–H and O–H groups in total. The van der Waals surface area contributed by atoms with E-state index in [0.29, 0.717) is 12.2 Å². The second-order valence-corrected chi connectivity index (χ2v) is 4.31. The van der Waals surface area contributed by atoms with Crippen LogP contribution in [0.5, 0.6) is 5.75 Å². The second-order valence-electron chi connectivity index (χ2n) is 4.31. The minimum Gasteiger partial charge on any atom is -0.506 e. The van der Waals surface area contributed by atoms with E-state index in [2.05, 4.69) is 22.2 Å². The zero-order valence-electron chi connectivity index (χ0n) is 10.6. The standard InChI is InChI=1S/C14H17N3O/c1-10-5-6-14(18)13(17-10)9-16-11(2)12-4-3-7-15-8-12/h3-8,11,16,18H,9H2,1-2H3/t11-/m0/s1. The van der Waals surface area contributed by atoms with Gasteiger partial charge in [-0.1, -0.05) is 6.07 Å². The molecule has 0 aromatic carbocycles. The maximum atomic E-state index is 9.70. The topological polar surface area (TPSA) is 58.0 Å². The Labute approximate surface area is 107 Å². The van der Waals surface area contributed by atoms with Crippen molar-refractivity contribution >= 4 is 0 Å². The van der Waals surface area contributed by atoms with Gasteiger partial charge < -0.3 is 10.4 Å². The van der Waals surface area contributed by atoms with Crippen LogP contribution in [0.4, 0.5) is 0 Å². The third-order valence-corrected chi connectivity index (χ3v) is 2.85. The number of nitrogens with zero attached hydrogens (tertiary/aromatic N) is 2. The molecule has 94 valence electrons. The van der Waals surface area contributed by atoms with Gasteiger partial charge in [-0.05, 0) is 37.6 Å². The largest absolute Gasteiger partial charge is 0.506 e. The average molecular weight is 243 g/mol. The van der Waals surface area contributed by atoms with E-state index in [1.165, 1.54) is 0 Å². The normalized spacial score (nSPS) is 12.3. The molecule has 4 nitrogen and oxygen atoms in total. The molecular weight excluding hydrogens is 226 g/mol. The van der Waals surface area contributed by atoms with Gasteiger partial charge in [0, 0.05) is 30.7 Å². The number of aromatic hydroxyl groups is 1. The summed E-state index contributed by atoms with van der Waals surface area (Å²) >= 11 is 0. The Morgan fingerprint density at radius 2 is 2.17 bits per heavy atom. The van der Waals surface area contributed by atoms with Crippen LogP contribution in [0.1, 0.15) is 29.9 Å². The zero-order valence-corrected chi connectivity index (χ0v) is 10.6. The summed E-state index contributed by atoms with van der Waals surface area (Å²) in [5, 5.41) is 13.0. The molecule has 4 heteroatoms. The summed E-state index contributed by atoms with van der Waals surface area (Å²) in [6.07, 6.45) is 3.59. The molecule has 0 saturated carbocycles. The van der Waals surface area contributed by atoms with Crippen LogP contribution in [0, 0.1) is 6.92 Å². The number of rotatable bonds is 4. The van der Waals surface area contributed by atoms with Gasteiger partial charge in [0.25, 0.3) is 0 Å². The summed E-state index contributed by atoms with van der Waals surface area (Å²) in [6, 6.07) is 7.57. The lowest BCUT2D eigenvalue weighted by Gasteiger charge is -2.14. The third kappa shape index (κ3) is 3.05. The van der Waals surface area contributed by atoms with Crippen molar-refractivity contribution in [3.8, 4) is 5.75 Å². The molecule has 0 bridgehead atoms. The minimum atomic E-state index is 0.167. The van der Waals surface area contributed by atoms with Gasteiger partial charge in [0.2, 0.25) is 0 Å². The average Bonchev–Trinajstić information content (AvgIpc) is 2.40. The summed E-state index contributed by atoms with van der Waals surface area (Å²) in [5.74, 6) is 0.228. The van der Waals surface area contributed by atoms with E-state index in [1.807, 2.05) is 25.3 Å².